The number of nitrogens with one attached hydrogen (secondary N) is 2. The molecule has 0 aliphatic heterocycles. The van der Waals surface area contributed by atoms with Crippen LogP contribution in [0.1, 0.15) is 36.2 Å². The van der Waals surface area contributed by atoms with Crippen molar-refractivity contribution >= 4 is 28.5 Å². The van der Waals surface area contributed by atoms with E-state index >= 15 is 0 Å². The summed E-state index contributed by atoms with van der Waals surface area (Å²) in [6.45, 7) is 4.08. The number of anilines is 1. The summed E-state index contributed by atoms with van der Waals surface area (Å²) in [6, 6.07) is 7.71. The molecule has 0 saturated heterocycles. The molecule has 1 aromatic carbocycles. The highest BCUT2D eigenvalue weighted by Gasteiger charge is 2.23. The number of carbonyl (C=O) groups is 2. The third kappa shape index (κ3) is 4.05. The van der Waals surface area contributed by atoms with E-state index in [1.807, 2.05) is 13.8 Å². The maximum atomic E-state index is 12.4. The highest BCUT2D eigenvalue weighted by molar-refractivity contribution is 7.15. The second kappa shape index (κ2) is 7.04. The van der Waals surface area contributed by atoms with Crippen LogP contribution in [0.2, 0.25) is 0 Å². The van der Waals surface area contributed by atoms with Crippen LogP contribution in [0, 0.1) is 0 Å². The molecule has 0 aliphatic carbocycles. The molecule has 22 heavy (non-hydrogen) atoms. The zero-order valence-electron chi connectivity index (χ0n) is 12.2. The molecular weight excluding hydrogens is 302 g/mol. The maximum absolute atomic E-state index is 12.4. The minimum Gasteiger partial charge on any atom is -0.465 e. The van der Waals surface area contributed by atoms with Gasteiger partial charge in [-0.05, 0) is 11.5 Å². The summed E-state index contributed by atoms with van der Waals surface area (Å²) in [6.07, 6.45) is 0.457. The Balaban J connectivity index is 2.16. The number of aromatic nitrogens is 1. The van der Waals surface area contributed by atoms with Gasteiger partial charge in [0.1, 0.15) is 6.04 Å². The highest BCUT2D eigenvalue weighted by Crippen LogP contribution is 2.26. The Bertz CT molecular complexity index is 655. The Morgan fingerprint density at radius 1 is 1.23 bits per heavy atom. The molecule has 2 amide bonds. The van der Waals surface area contributed by atoms with Crippen molar-refractivity contribution in [3.63, 3.8) is 0 Å². The number of hydrogen-bond acceptors (Lipinski definition) is 4. The molecule has 0 saturated carbocycles. The van der Waals surface area contributed by atoms with Gasteiger partial charge in [0.15, 0.2) is 5.13 Å². The Hall–Kier alpha value is -2.41. The van der Waals surface area contributed by atoms with Crippen LogP contribution in [-0.2, 0) is 4.79 Å². The fourth-order valence-electron chi connectivity index (χ4n) is 1.86. The second-order valence-electron chi connectivity index (χ2n) is 5.00. The number of nitrogens with zero attached hydrogens (tertiary/aromatic N) is 1. The van der Waals surface area contributed by atoms with E-state index in [1.165, 1.54) is 11.3 Å². The predicted molar refractivity (Wildman–Crippen MR) is 85.2 cm³/mol. The number of benzene rings is 1. The molecule has 0 unspecified atom stereocenters. The van der Waals surface area contributed by atoms with E-state index in [4.69, 9.17) is 5.11 Å². The zero-order valence-corrected chi connectivity index (χ0v) is 13.1. The zero-order chi connectivity index (χ0) is 16.1. The van der Waals surface area contributed by atoms with E-state index < -0.39 is 18.0 Å². The lowest BCUT2D eigenvalue weighted by molar-refractivity contribution is -0.118. The highest BCUT2D eigenvalue weighted by atomic mass is 32.1. The largest absolute Gasteiger partial charge is 0.465 e. The first-order valence-corrected chi connectivity index (χ1v) is 7.60. The van der Waals surface area contributed by atoms with Gasteiger partial charge in [-0.2, -0.15) is 0 Å². The third-order valence-electron chi connectivity index (χ3n) is 2.99. The molecule has 1 heterocycles. The number of carbonyl (C=O) groups excluding carboxylic acids is 1. The van der Waals surface area contributed by atoms with Gasteiger partial charge in [-0.3, -0.25) is 10.1 Å². The summed E-state index contributed by atoms with van der Waals surface area (Å²) in [5, 5.41) is 14.3. The average Bonchev–Trinajstić information content (AvgIpc) is 2.94. The molecule has 0 fully saturated rings. The number of thiazole rings is 1. The van der Waals surface area contributed by atoms with Gasteiger partial charge in [-0.15, -0.1) is 11.3 Å². The predicted octanol–water partition coefficient (Wildman–Crippen LogP) is 3.21. The average molecular weight is 319 g/mol. The van der Waals surface area contributed by atoms with E-state index in [0.29, 0.717) is 16.6 Å². The number of hydrogen-bond donors (Lipinski definition) is 3. The summed E-state index contributed by atoms with van der Waals surface area (Å²) in [5.41, 5.74) is 0.572. The van der Waals surface area contributed by atoms with Crippen LogP contribution in [0.4, 0.5) is 9.93 Å². The van der Waals surface area contributed by atoms with E-state index in [9.17, 15) is 9.59 Å². The second-order valence-corrected chi connectivity index (χ2v) is 6.07. The fourth-order valence-corrected chi connectivity index (χ4v) is 2.68. The van der Waals surface area contributed by atoms with Crippen LogP contribution >= 0.6 is 11.3 Å². The maximum Gasteiger partial charge on any atom is 0.405 e. The smallest absolute Gasteiger partial charge is 0.405 e. The van der Waals surface area contributed by atoms with Crippen molar-refractivity contribution in [2.24, 2.45) is 0 Å². The molecule has 116 valence electrons. The quantitative estimate of drug-likeness (QED) is 0.789. The van der Waals surface area contributed by atoms with Crippen LogP contribution in [0.15, 0.2) is 36.5 Å². The van der Waals surface area contributed by atoms with Crippen molar-refractivity contribution in [1.29, 1.82) is 0 Å². The molecule has 1 atom stereocenters. The van der Waals surface area contributed by atoms with Gasteiger partial charge in [0.05, 0.1) is 0 Å². The Kier molecular flexibility index (Phi) is 5.11. The standard InChI is InChI=1S/C15H17N3O3S/c1-9(2)11-8-16-14(22-11)18-13(19)12(17-15(20)21)10-6-4-3-5-7-10/h3-9,12,17H,1-2H3,(H,20,21)(H,16,18,19)/t12-/m1/s1. The van der Waals surface area contributed by atoms with Crippen molar-refractivity contribution in [2.75, 3.05) is 5.32 Å². The first kappa shape index (κ1) is 16.0. The molecule has 2 rings (SSSR count). The molecule has 0 bridgehead atoms. The summed E-state index contributed by atoms with van der Waals surface area (Å²) in [4.78, 5) is 28.5. The van der Waals surface area contributed by atoms with Gasteiger partial charge in [-0.25, -0.2) is 9.78 Å². The summed E-state index contributed by atoms with van der Waals surface area (Å²) < 4.78 is 0. The lowest BCUT2D eigenvalue weighted by atomic mass is 10.1. The summed E-state index contributed by atoms with van der Waals surface area (Å²) >= 11 is 1.38. The van der Waals surface area contributed by atoms with Crippen molar-refractivity contribution in [3.05, 3.63) is 47.0 Å². The van der Waals surface area contributed by atoms with E-state index in [2.05, 4.69) is 15.6 Å². The first-order chi connectivity index (χ1) is 10.5. The van der Waals surface area contributed by atoms with Crippen LogP contribution in [-0.4, -0.2) is 22.1 Å². The van der Waals surface area contributed by atoms with Gasteiger partial charge in [0.25, 0.3) is 5.91 Å². The number of amides is 2. The van der Waals surface area contributed by atoms with Crippen LogP contribution < -0.4 is 10.6 Å². The van der Waals surface area contributed by atoms with Gasteiger partial charge in [0.2, 0.25) is 0 Å². The van der Waals surface area contributed by atoms with Gasteiger partial charge in [-0.1, -0.05) is 44.2 Å². The minimum absolute atomic E-state index is 0.324. The van der Waals surface area contributed by atoms with Crippen molar-refractivity contribution in [2.45, 2.75) is 25.8 Å². The lowest BCUT2D eigenvalue weighted by Gasteiger charge is -2.16. The third-order valence-corrected chi connectivity index (χ3v) is 4.20. The Morgan fingerprint density at radius 3 is 2.45 bits per heavy atom. The molecule has 3 N–H and O–H groups in total. The van der Waals surface area contributed by atoms with E-state index in [0.717, 1.165) is 4.88 Å². The van der Waals surface area contributed by atoms with Crippen LogP contribution in [0.5, 0.6) is 0 Å². The van der Waals surface area contributed by atoms with Crippen molar-refractivity contribution in [1.82, 2.24) is 10.3 Å². The molecule has 0 spiro atoms. The monoisotopic (exact) mass is 319 g/mol. The minimum atomic E-state index is -1.26. The molecule has 1 aromatic heterocycles. The van der Waals surface area contributed by atoms with E-state index in [1.54, 1.807) is 36.5 Å². The SMILES string of the molecule is CC(C)c1cnc(NC(=O)[C@H](NC(=O)O)c2ccccc2)s1. The molecule has 0 radical (unpaired) electrons. The summed E-state index contributed by atoms with van der Waals surface area (Å²) in [7, 11) is 0. The van der Waals surface area contributed by atoms with Crippen molar-refractivity contribution in [3.8, 4) is 0 Å². The molecule has 7 heteroatoms. The Morgan fingerprint density at radius 2 is 1.91 bits per heavy atom. The van der Waals surface area contributed by atoms with Gasteiger partial charge < -0.3 is 10.4 Å². The van der Waals surface area contributed by atoms with E-state index in [-0.39, 0.29) is 0 Å². The fraction of sp³-hybridized carbons (Fsp3) is 0.267. The first-order valence-electron chi connectivity index (χ1n) is 6.78. The normalized spacial score (nSPS) is 12.0. The molecule has 0 aliphatic rings. The van der Waals surface area contributed by atoms with Crippen molar-refractivity contribution < 1.29 is 14.7 Å². The number of rotatable bonds is 5. The summed E-state index contributed by atoms with van der Waals surface area (Å²) in [5.74, 6) is -0.136. The topological polar surface area (TPSA) is 91.3 Å². The van der Waals surface area contributed by atoms with Gasteiger partial charge >= 0.3 is 6.09 Å². The van der Waals surface area contributed by atoms with Crippen LogP contribution in [0.25, 0.3) is 0 Å². The number of carboxylic acid groups (broad SMARTS) is 1. The molecule has 2 aromatic rings. The van der Waals surface area contributed by atoms with Gasteiger partial charge in [0, 0.05) is 11.1 Å². The molecule has 6 nitrogen and oxygen atoms in total. The lowest BCUT2D eigenvalue weighted by Crippen LogP contribution is -2.36. The molecular formula is C15H17N3O3S. The van der Waals surface area contributed by atoms with Crippen LogP contribution in [0.3, 0.4) is 0 Å². The Labute approximate surface area is 132 Å².